The van der Waals surface area contributed by atoms with E-state index in [0.29, 0.717) is 0 Å². The summed E-state index contributed by atoms with van der Waals surface area (Å²) >= 11 is 0. The van der Waals surface area contributed by atoms with Gasteiger partial charge >= 0.3 is 0 Å². The molecule has 0 aliphatic rings. The van der Waals surface area contributed by atoms with Crippen LogP contribution in [0.25, 0.3) is 0 Å². The molecule has 3 heteroatoms. The van der Waals surface area contributed by atoms with E-state index in [1.54, 1.807) is 0 Å². The Kier molecular flexibility index (Phi) is 2.29. The van der Waals surface area contributed by atoms with E-state index in [1.807, 2.05) is 0 Å². The SMILES string of the molecule is C#Cc1cc(F)c(F)cc1OC. The Morgan fingerprint density at radius 2 is 1.92 bits per heavy atom. The third kappa shape index (κ3) is 1.37. The third-order valence-electron chi connectivity index (χ3n) is 1.40. The van der Waals surface area contributed by atoms with Crippen molar-refractivity contribution in [3.63, 3.8) is 0 Å². The molecule has 1 aromatic rings. The monoisotopic (exact) mass is 168 g/mol. The van der Waals surface area contributed by atoms with Crippen LogP contribution in [0, 0.1) is 24.0 Å². The Morgan fingerprint density at radius 1 is 1.33 bits per heavy atom. The highest BCUT2D eigenvalue weighted by molar-refractivity contribution is 5.45. The highest BCUT2D eigenvalue weighted by atomic mass is 19.2. The van der Waals surface area contributed by atoms with Gasteiger partial charge in [-0.25, -0.2) is 8.78 Å². The summed E-state index contributed by atoms with van der Waals surface area (Å²) in [4.78, 5) is 0. The number of ether oxygens (including phenoxy) is 1. The number of benzene rings is 1. The van der Waals surface area contributed by atoms with Crippen LogP contribution in [-0.4, -0.2) is 7.11 Å². The molecule has 0 bridgehead atoms. The summed E-state index contributed by atoms with van der Waals surface area (Å²) in [5.41, 5.74) is 0.205. The average molecular weight is 168 g/mol. The van der Waals surface area contributed by atoms with Crippen molar-refractivity contribution in [2.75, 3.05) is 7.11 Å². The normalized spacial score (nSPS) is 9.17. The Bertz CT molecular complexity index is 339. The molecule has 12 heavy (non-hydrogen) atoms. The van der Waals surface area contributed by atoms with Gasteiger partial charge < -0.3 is 4.74 Å². The predicted molar refractivity (Wildman–Crippen MR) is 40.8 cm³/mol. The topological polar surface area (TPSA) is 9.23 Å². The fourth-order valence-corrected chi connectivity index (χ4v) is 0.810. The van der Waals surface area contributed by atoms with E-state index < -0.39 is 11.6 Å². The van der Waals surface area contributed by atoms with E-state index >= 15 is 0 Å². The maximum atomic E-state index is 12.6. The molecular formula is C9H6F2O. The van der Waals surface area contributed by atoms with Crippen molar-refractivity contribution < 1.29 is 13.5 Å². The fraction of sp³-hybridized carbons (Fsp3) is 0.111. The van der Waals surface area contributed by atoms with E-state index in [4.69, 9.17) is 11.2 Å². The minimum Gasteiger partial charge on any atom is -0.495 e. The molecule has 0 N–H and O–H groups in total. The van der Waals surface area contributed by atoms with Crippen molar-refractivity contribution in [3.05, 3.63) is 29.3 Å². The molecule has 1 nitrogen and oxygen atoms in total. The summed E-state index contributed by atoms with van der Waals surface area (Å²) in [5.74, 6) is 0.411. The minimum absolute atomic E-state index is 0.163. The molecule has 0 spiro atoms. The zero-order valence-corrected chi connectivity index (χ0v) is 6.40. The van der Waals surface area contributed by atoms with Crippen LogP contribution in [0.5, 0.6) is 5.75 Å². The van der Waals surface area contributed by atoms with Crippen LogP contribution in [0.2, 0.25) is 0 Å². The Morgan fingerprint density at radius 3 is 2.42 bits per heavy atom. The van der Waals surface area contributed by atoms with Gasteiger partial charge in [0.25, 0.3) is 0 Å². The Labute approximate surface area is 69.0 Å². The van der Waals surface area contributed by atoms with Crippen molar-refractivity contribution in [2.45, 2.75) is 0 Å². The number of halogens is 2. The molecule has 0 atom stereocenters. The van der Waals surface area contributed by atoms with Gasteiger partial charge in [0.15, 0.2) is 11.6 Å². The fourth-order valence-electron chi connectivity index (χ4n) is 0.810. The molecule has 0 aliphatic heterocycles. The lowest BCUT2D eigenvalue weighted by molar-refractivity contribution is 0.405. The summed E-state index contributed by atoms with van der Waals surface area (Å²) in [7, 11) is 1.34. The van der Waals surface area contributed by atoms with Crippen LogP contribution < -0.4 is 4.74 Å². The van der Waals surface area contributed by atoms with Gasteiger partial charge in [-0.2, -0.15) is 0 Å². The summed E-state index contributed by atoms with van der Waals surface area (Å²) in [6, 6.07) is 1.85. The molecule has 0 radical (unpaired) electrons. The number of hydrogen-bond acceptors (Lipinski definition) is 1. The Hall–Kier alpha value is -1.56. The van der Waals surface area contributed by atoms with Crippen molar-refractivity contribution in [2.24, 2.45) is 0 Å². The molecular weight excluding hydrogens is 162 g/mol. The Balaban J connectivity index is 3.31. The van der Waals surface area contributed by atoms with Crippen LogP contribution in [0.1, 0.15) is 5.56 Å². The van der Waals surface area contributed by atoms with Crippen molar-refractivity contribution in [3.8, 4) is 18.1 Å². The van der Waals surface area contributed by atoms with Crippen molar-refractivity contribution >= 4 is 0 Å². The summed E-state index contributed by atoms with van der Waals surface area (Å²) in [5, 5.41) is 0. The molecule has 0 aromatic heterocycles. The van der Waals surface area contributed by atoms with Crippen LogP contribution in [-0.2, 0) is 0 Å². The number of rotatable bonds is 1. The first-order chi connectivity index (χ1) is 5.69. The van der Waals surface area contributed by atoms with E-state index in [1.165, 1.54) is 7.11 Å². The molecule has 0 amide bonds. The molecule has 0 unspecified atom stereocenters. The summed E-state index contributed by atoms with van der Waals surface area (Å²) in [6.07, 6.45) is 5.03. The zero-order valence-electron chi connectivity index (χ0n) is 6.40. The first-order valence-corrected chi connectivity index (χ1v) is 3.18. The minimum atomic E-state index is -0.969. The smallest absolute Gasteiger partial charge is 0.162 e. The van der Waals surface area contributed by atoms with Gasteiger partial charge in [0.05, 0.1) is 12.7 Å². The van der Waals surface area contributed by atoms with E-state index in [2.05, 4.69) is 5.92 Å². The highest BCUT2D eigenvalue weighted by Gasteiger charge is 2.07. The van der Waals surface area contributed by atoms with Gasteiger partial charge in [-0.05, 0) is 6.07 Å². The van der Waals surface area contributed by atoms with Gasteiger partial charge in [-0.3, -0.25) is 0 Å². The number of hydrogen-bond donors (Lipinski definition) is 0. The molecule has 0 saturated heterocycles. The quantitative estimate of drug-likeness (QED) is 0.582. The van der Waals surface area contributed by atoms with Crippen molar-refractivity contribution in [1.29, 1.82) is 0 Å². The van der Waals surface area contributed by atoms with Gasteiger partial charge in [0.2, 0.25) is 0 Å². The molecule has 0 heterocycles. The van der Waals surface area contributed by atoms with Crippen molar-refractivity contribution in [1.82, 2.24) is 0 Å². The lowest BCUT2D eigenvalue weighted by atomic mass is 10.2. The van der Waals surface area contributed by atoms with Gasteiger partial charge in [0.1, 0.15) is 5.75 Å². The lowest BCUT2D eigenvalue weighted by Gasteiger charge is -2.02. The lowest BCUT2D eigenvalue weighted by Crippen LogP contribution is -1.92. The van der Waals surface area contributed by atoms with Gasteiger partial charge in [-0.1, -0.05) is 5.92 Å². The van der Waals surface area contributed by atoms with E-state index in [0.717, 1.165) is 12.1 Å². The van der Waals surface area contributed by atoms with Gasteiger partial charge in [0, 0.05) is 6.07 Å². The zero-order chi connectivity index (χ0) is 9.14. The van der Waals surface area contributed by atoms with Crippen LogP contribution in [0.15, 0.2) is 12.1 Å². The molecule has 1 rings (SSSR count). The van der Waals surface area contributed by atoms with E-state index in [9.17, 15) is 8.78 Å². The molecule has 0 saturated carbocycles. The first-order valence-electron chi connectivity index (χ1n) is 3.18. The van der Waals surface area contributed by atoms with E-state index in [-0.39, 0.29) is 11.3 Å². The van der Waals surface area contributed by atoms with Crippen LogP contribution in [0.3, 0.4) is 0 Å². The third-order valence-corrected chi connectivity index (χ3v) is 1.40. The maximum Gasteiger partial charge on any atom is 0.162 e. The average Bonchev–Trinajstić information content (AvgIpc) is 2.09. The molecule has 0 aliphatic carbocycles. The summed E-state index contributed by atoms with van der Waals surface area (Å²) < 4.78 is 29.8. The molecule has 1 aromatic carbocycles. The second-order valence-electron chi connectivity index (χ2n) is 2.11. The second kappa shape index (κ2) is 3.22. The number of methoxy groups -OCH3 is 1. The predicted octanol–water partition coefficient (Wildman–Crippen LogP) is 1.95. The molecule has 0 fully saturated rings. The highest BCUT2D eigenvalue weighted by Crippen LogP contribution is 2.20. The van der Waals surface area contributed by atoms with Gasteiger partial charge in [-0.15, -0.1) is 6.42 Å². The van der Waals surface area contributed by atoms with Crippen LogP contribution in [0.4, 0.5) is 8.78 Å². The maximum absolute atomic E-state index is 12.6. The first kappa shape index (κ1) is 8.54. The van der Waals surface area contributed by atoms with Crippen LogP contribution >= 0.6 is 0 Å². The standard InChI is InChI=1S/C9H6F2O/c1-3-6-4-7(10)8(11)5-9(6)12-2/h1,4-5H,2H3. The second-order valence-corrected chi connectivity index (χ2v) is 2.11. The largest absolute Gasteiger partial charge is 0.495 e. The molecule has 62 valence electrons. The number of terminal acetylenes is 1. The summed E-state index contributed by atoms with van der Waals surface area (Å²) in [6.45, 7) is 0.